The largest absolute Gasteiger partial charge is 0.508 e. The molecule has 2 N–H and O–H groups in total. The summed E-state index contributed by atoms with van der Waals surface area (Å²) in [7, 11) is 0. The van der Waals surface area contributed by atoms with E-state index in [0.29, 0.717) is 24.5 Å². The number of amides is 1. The van der Waals surface area contributed by atoms with E-state index >= 15 is 0 Å². The third-order valence-electron chi connectivity index (χ3n) is 4.51. The van der Waals surface area contributed by atoms with Crippen molar-refractivity contribution in [3.05, 3.63) is 54.1 Å². The summed E-state index contributed by atoms with van der Waals surface area (Å²) >= 11 is 0. The smallest absolute Gasteiger partial charge is 0.261 e. The first kappa shape index (κ1) is 19.7. The van der Waals surface area contributed by atoms with Gasteiger partial charge < -0.3 is 24.8 Å². The molecule has 0 spiro atoms. The highest BCUT2D eigenvalue weighted by Gasteiger charge is 2.17. The number of hydrogen-bond donors (Lipinski definition) is 2. The van der Waals surface area contributed by atoms with Crippen molar-refractivity contribution in [1.82, 2.24) is 5.32 Å². The van der Waals surface area contributed by atoms with Crippen molar-refractivity contribution in [1.29, 1.82) is 0 Å². The molecule has 1 aliphatic heterocycles. The minimum Gasteiger partial charge on any atom is -0.508 e. The van der Waals surface area contributed by atoms with Crippen LogP contribution in [-0.4, -0.2) is 55.7 Å². The number of carbonyl (C=O) groups is 2. The topological polar surface area (TPSA) is 88.1 Å². The van der Waals surface area contributed by atoms with Crippen LogP contribution < -0.4 is 15.0 Å². The van der Waals surface area contributed by atoms with Crippen LogP contribution in [0, 0.1) is 0 Å². The fourth-order valence-corrected chi connectivity index (χ4v) is 2.88. The van der Waals surface area contributed by atoms with E-state index < -0.39 is 6.10 Å². The molecular weight excluding hydrogens is 360 g/mol. The predicted octanol–water partition coefficient (Wildman–Crippen LogP) is 2.00. The van der Waals surface area contributed by atoms with Crippen molar-refractivity contribution < 1.29 is 24.2 Å². The molecule has 0 aromatic heterocycles. The second-order valence-corrected chi connectivity index (χ2v) is 6.54. The molecule has 7 nitrogen and oxygen atoms in total. The number of aromatic hydroxyl groups is 1. The van der Waals surface area contributed by atoms with E-state index in [9.17, 15) is 14.7 Å². The SMILES string of the molecule is CC(Oc1ccc(O)cc1)C(=O)NCC(=O)c1ccc(N2CCOCC2)cc1. The Hall–Kier alpha value is -3.06. The van der Waals surface area contributed by atoms with Gasteiger partial charge in [0.25, 0.3) is 5.91 Å². The zero-order valence-corrected chi connectivity index (χ0v) is 15.8. The molecule has 0 bridgehead atoms. The summed E-state index contributed by atoms with van der Waals surface area (Å²) in [6.07, 6.45) is -0.763. The Morgan fingerprint density at radius 3 is 2.39 bits per heavy atom. The van der Waals surface area contributed by atoms with Gasteiger partial charge in [-0.15, -0.1) is 0 Å². The van der Waals surface area contributed by atoms with Crippen LogP contribution >= 0.6 is 0 Å². The number of carbonyl (C=O) groups excluding carboxylic acids is 2. The van der Waals surface area contributed by atoms with Crippen LogP contribution in [-0.2, 0) is 9.53 Å². The molecular formula is C21H24N2O5. The Morgan fingerprint density at radius 2 is 1.75 bits per heavy atom. The quantitative estimate of drug-likeness (QED) is 0.710. The summed E-state index contributed by atoms with van der Waals surface area (Å²) in [5.74, 6) is 0.0326. The Kier molecular flexibility index (Phi) is 6.49. The zero-order valence-electron chi connectivity index (χ0n) is 15.8. The van der Waals surface area contributed by atoms with Gasteiger partial charge in [0.05, 0.1) is 19.8 Å². The lowest BCUT2D eigenvalue weighted by Crippen LogP contribution is -2.39. The number of nitrogens with one attached hydrogen (secondary N) is 1. The number of phenolic OH excluding ortho intramolecular Hbond substituents is 1. The van der Waals surface area contributed by atoms with Crippen molar-refractivity contribution in [2.24, 2.45) is 0 Å². The van der Waals surface area contributed by atoms with Crippen LogP contribution in [0.2, 0.25) is 0 Å². The second kappa shape index (κ2) is 9.23. The van der Waals surface area contributed by atoms with Crippen molar-refractivity contribution in [2.45, 2.75) is 13.0 Å². The summed E-state index contributed by atoms with van der Waals surface area (Å²) in [4.78, 5) is 26.7. The van der Waals surface area contributed by atoms with Gasteiger partial charge in [-0.1, -0.05) is 0 Å². The Balaban J connectivity index is 1.48. The molecule has 1 atom stereocenters. The highest BCUT2D eigenvalue weighted by molar-refractivity contribution is 5.99. The van der Waals surface area contributed by atoms with Crippen LogP contribution in [0.25, 0.3) is 0 Å². The summed E-state index contributed by atoms with van der Waals surface area (Å²) in [5.41, 5.74) is 1.60. The average Bonchev–Trinajstić information content (AvgIpc) is 2.74. The summed E-state index contributed by atoms with van der Waals surface area (Å²) in [5, 5.41) is 11.9. The maximum Gasteiger partial charge on any atom is 0.261 e. The third kappa shape index (κ3) is 5.23. The molecule has 0 saturated carbocycles. The summed E-state index contributed by atoms with van der Waals surface area (Å²) in [6, 6.07) is 13.5. The minimum atomic E-state index is -0.763. The van der Waals surface area contributed by atoms with E-state index in [1.807, 2.05) is 12.1 Å². The van der Waals surface area contributed by atoms with Crippen molar-refractivity contribution in [2.75, 3.05) is 37.7 Å². The molecule has 2 aromatic carbocycles. The van der Waals surface area contributed by atoms with E-state index in [-0.39, 0.29) is 24.0 Å². The van der Waals surface area contributed by atoms with Gasteiger partial charge in [-0.05, 0) is 55.5 Å². The van der Waals surface area contributed by atoms with Gasteiger partial charge in [0.15, 0.2) is 11.9 Å². The van der Waals surface area contributed by atoms with E-state index in [1.165, 1.54) is 12.1 Å². The standard InChI is InChI=1S/C21H24N2O5/c1-15(28-19-8-6-18(24)7-9-19)21(26)22-14-20(25)16-2-4-17(5-3-16)23-10-12-27-13-11-23/h2-9,15,24H,10-14H2,1H3,(H,22,26). The van der Waals surface area contributed by atoms with E-state index in [1.54, 1.807) is 31.2 Å². The van der Waals surface area contributed by atoms with Gasteiger partial charge in [-0.25, -0.2) is 0 Å². The number of hydrogen-bond acceptors (Lipinski definition) is 6. The number of rotatable bonds is 7. The van der Waals surface area contributed by atoms with Gasteiger partial charge in [0, 0.05) is 24.3 Å². The fourth-order valence-electron chi connectivity index (χ4n) is 2.88. The monoisotopic (exact) mass is 384 g/mol. The number of nitrogens with zero attached hydrogens (tertiary/aromatic N) is 1. The number of morpholine rings is 1. The molecule has 1 heterocycles. The summed E-state index contributed by atoms with van der Waals surface area (Å²) < 4.78 is 10.8. The highest BCUT2D eigenvalue weighted by Crippen LogP contribution is 2.18. The highest BCUT2D eigenvalue weighted by atomic mass is 16.5. The number of ether oxygens (including phenoxy) is 2. The number of phenols is 1. The average molecular weight is 384 g/mol. The van der Waals surface area contributed by atoms with Crippen LogP contribution in [0.4, 0.5) is 5.69 Å². The second-order valence-electron chi connectivity index (χ2n) is 6.54. The fraction of sp³-hybridized carbons (Fsp3) is 0.333. The first-order valence-corrected chi connectivity index (χ1v) is 9.22. The Morgan fingerprint density at radius 1 is 1.11 bits per heavy atom. The molecule has 1 fully saturated rings. The van der Waals surface area contributed by atoms with Crippen molar-refractivity contribution in [3.8, 4) is 11.5 Å². The van der Waals surface area contributed by atoms with Crippen LogP contribution in [0.3, 0.4) is 0 Å². The van der Waals surface area contributed by atoms with Crippen LogP contribution in [0.15, 0.2) is 48.5 Å². The molecule has 0 aliphatic carbocycles. The van der Waals surface area contributed by atoms with Gasteiger partial charge in [0.2, 0.25) is 0 Å². The molecule has 1 amide bonds. The lowest BCUT2D eigenvalue weighted by Gasteiger charge is -2.28. The molecule has 3 rings (SSSR count). The normalized spacial score (nSPS) is 15.0. The number of anilines is 1. The molecule has 1 aliphatic rings. The first-order valence-electron chi connectivity index (χ1n) is 9.22. The van der Waals surface area contributed by atoms with Crippen molar-refractivity contribution >= 4 is 17.4 Å². The molecule has 0 radical (unpaired) electrons. The minimum absolute atomic E-state index is 0.0982. The predicted molar refractivity (Wildman–Crippen MR) is 105 cm³/mol. The zero-order chi connectivity index (χ0) is 19.9. The number of Topliss-reactive ketones (excluding diaryl/α,β-unsaturated/α-hetero) is 1. The number of benzene rings is 2. The maximum absolute atomic E-state index is 12.3. The molecule has 148 valence electrons. The van der Waals surface area contributed by atoms with E-state index in [2.05, 4.69) is 10.2 Å². The first-order chi connectivity index (χ1) is 13.5. The molecule has 28 heavy (non-hydrogen) atoms. The summed E-state index contributed by atoms with van der Waals surface area (Å²) in [6.45, 7) is 4.58. The Labute approximate surface area is 163 Å². The van der Waals surface area contributed by atoms with Crippen LogP contribution in [0.5, 0.6) is 11.5 Å². The van der Waals surface area contributed by atoms with Gasteiger partial charge in [0.1, 0.15) is 11.5 Å². The molecule has 1 saturated heterocycles. The van der Waals surface area contributed by atoms with Crippen LogP contribution in [0.1, 0.15) is 17.3 Å². The van der Waals surface area contributed by atoms with Gasteiger partial charge in [-0.3, -0.25) is 9.59 Å². The van der Waals surface area contributed by atoms with Crippen molar-refractivity contribution in [3.63, 3.8) is 0 Å². The lowest BCUT2D eigenvalue weighted by molar-refractivity contribution is -0.127. The molecule has 1 unspecified atom stereocenters. The molecule has 2 aromatic rings. The number of ketones is 1. The lowest BCUT2D eigenvalue weighted by atomic mass is 10.1. The third-order valence-corrected chi connectivity index (χ3v) is 4.51. The van der Waals surface area contributed by atoms with Gasteiger partial charge >= 0.3 is 0 Å². The Bertz CT molecular complexity index is 799. The van der Waals surface area contributed by atoms with E-state index in [0.717, 1.165) is 18.8 Å². The maximum atomic E-state index is 12.3. The molecule has 7 heteroatoms. The van der Waals surface area contributed by atoms with Gasteiger partial charge in [-0.2, -0.15) is 0 Å². The van der Waals surface area contributed by atoms with E-state index in [4.69, 9.17) is 9.47 Å².